The second-order valence-corrected chi connectivity index (χ2v) is 3.69. The molecule has 0 aromatic heterocycles. The van der Waals surface area contributed by atoms with Crippen molar-refractivity contribution >= 4 is 17.9 Å². The van der Waals surface area contributed by atoms with E-state index < -0.39 is 11.9 Å². The normalized spacial score (nSPS) is 11.4. The number of nitrogens with one attached hydrogen (secondary N) is 3. The van der Waals surface area contributed by atoms with Gasteiger partial charge in [-0.05, 0) is 6.42 Å². The zero-order chi connectivity index (χ0) is 13.3. The highest BCUT2D eigenvalue weighted by atomic mass is 16.4. The Labute approximate surface area is 100.0 Å². The molecule has 0 aliphatic heterocycles. The van der Waals surface area contributed by atoms with E-state index in [1.165, 1.54) is 6.92 Å². The zero-order valence-electron chi connectivity index (χ0n) is 10.1. The molecule has 0 heterocycles. The quantitative estimate of drug-likeness (QED) is 0.455. The Kier molecular flexibility index (Phi) is 7.49. The van der Waals surface area contributed by atoms with E-state index in [2.05, 4.69) is 16.0 Å². The smallest absolute Gasteiger partial charge is 0.314 e. The summed E-state index contributed by atoms with van der Waals surface area (Å²) in [5, 5.41) is 16.2. The summed E-state index contributed by atoms with van der Waals surface area (Å²) in [5.74, 6) is -1.50. The molecule has 7 heteroatoms. The Morgan fingerprint density at radius 2 is 1.59 bits per heavy atom. The van der Waals surface area contributed by atoms with Crippen molar-refractivity contribution in [2.45, 2.75) is 20.3 Å². The van der Waals surface area contributed by atoms with Crippen molar-refractivity contribution in [3.8, 4) is 0 Å². The number of carboxylic acid groups (broad SMARTS) is 1. The highest BCUT2D eigenvalue weighted by Gasteiger charge is 2.10. The molecule has 0 fully saturated rings. The van der Waals surface area contributed by atoms with Gasteiger partial charge in [-0.15, -0.1) is 0 Å². The number of carbonyl (C=O) groups excluding carboxylic acids is 2. The van der Waals surface area contributed by atoms with Gasteiger partial charge in [0.05, 0.1) is 5.92 Å². The first-order valence-corrected chi connectivity index (χ1v) is 5.42. The van der Waals surface area contributed by atoms with E-state index in [0.29, 0.717) is 26.1 Å². The lowest BCUT2D eigenvalue weighted by atomic mass is 10.1. The van der Waals surface area contributed by atoms with Crippen molar-refractivity contribution in [3.05, 3.63) is 0 Å². The number of amides is 3. The first-order valence-electron chi connectivity index (χ1n) is 5.42. The van der Waals surface area contributed by atoms with E-state index in [1.807, 2.05) is 0 Å². The number of urea groups is 1. The van der Waals surface area contributed by atoms with Crippen LogP contribution in [0.5, 0.6) is 0 Å². The van der Waals surface area contributed by atoms with Crippen molar-refractivity contribution in [2.24, 2.45) is 5.92 Å². The molecule has 17 heavy (non-hydrogen) atoms. The molecule has 3 amide bonds. The fraction of sp³-hybridized carbons (Fsp3) is 0.700. The average Bonchev–Trinajstić information content (AvgIpc) is 2.23. The van der Waals surface area contributed by atoms with Crippen molar-refractivity contribution in [1.82, 2.24) is 16.0 Å². The van der Waals surface area contributed by atoms with Crippen LogP contribution < -0.4 is 16.0 Å². The molecule has 0 aromatic rings. The third kappa shape index (κ3) is 9.16. The van der Waals surface area contributed by atoms with Gasteiger partial charge >= 0.3 is 12.0 Å². The molecular weight excluding hydrogens is 226 g/mol. The van der Waals surface area contributed by atoms with Gasteiger partial charge in [0.25, 0.3) is 0 Å². The number of carboxylic acids is 1. The highest BCUT2D eigenvalue weighted by molar-refractivity contribution is 5.74. The molecule has 0 rings (SSSR count). The molecule has 0 bridgehead atoms. The molecule has 0 aliphatic rings. The van der Waals surface area contributed by atoms with E-state index in [0.717, 1.165) is 0 Å². The first-order chi connectivity index (χ1) is 7.93. The Balaban J connectivity index is 3.47. The van der Waals surface area contributed by atoms with Gasteiger partial charge in [-0.25, -0.2) is 4.79 Å². The number of carbonyl (C=O) groups is 3. The van der Waals surface area contributed by atoms with Crippen LogP contribution in [0.3, 0.4) is 0 Å². The largest absolute Gasteiger partial charge is 0.481 e. The summed E-state index contributed by atoms with van der Waals surface area (Å²) in [4.78, 5) is 32.1. The summed E-state index contributed by atoms with van der Waals surface area (Å²) in [5.41, 5.74) is 0. The molecule has 7 nitrogen and oxygen atoms in total. The Morgan fingerprint density at radius 1 is 1.06 bits per heavy atom. The minimum Gasteiger partial charge on any atom is -0.481 e. The first kappa shape index (κ1) is 15.2. The standard InChI is InChI=1S/C10H19N3O4/c1-7(9(15)16)3-4-12-10(17)13-6-5-11-8(2)14/h7H,3-6H2,1-2H3,(H,11,14)(H,15,16)(H2,12,13,17). The number of hydrogen-bond acceptors (Lipinski definition) is 3. The molecule has 0 saturated carbocycles. The number of hydrogen-bond donors (Lipinski definition) is 4. The van der Waals surface area contributed by atoms with Crippen LogP contribution in [0, 0.1) is 5.92 Å². The monoisotopic (exact) mass is 245 g/mol. The van der Waals surface area contributed by atoms with E-state index in [9.17, 15) is 14.4 Å². The lowest BCUT2D eigenvalue weighted by Crippen LogP contribution is -2.40. The molecule has 1 unspecified atom stereocenters. The lowest BCUT2D eigenvalue weighted by molar-refractivity contribution is -0.141. The molecule has 0 aromatic carbocycles. The topological polar surface area (TPSA) is 108 Å². The third-order valence-electron chi connectivity index (χ3n) is 2.07. The number of rotatable bonds is 7. The maximum Gasteiger partial charge on any atom is 0.314 e. The van der Waals surface area contributed by atoms with Gasteiger partial charge in [0.1, 0.15) is 0 Å². The molecule has 0 radical (unpaired) electrons. The van der Waals surface area contributed by atoms with Gasteiger partial charge in [-0.3, -0.25) is 9.59 Å². The second kappa shape index (κ2) is 8.37. The van der Waals surface area contributed by atoms with E-state index in [-0.39, 0.29) is 11.9 Å². The van der Waals surface area contributed by atoms with Crippen molar-refractivity contribution < 1.29 is 19.5 Å². The van der Waals surface area contributed by atoms with Gasteiger partial charge < -0.3 is 21.1 Å². The summed E-state index contributed by atoms with van der Waals surface area (Å²) in [7, 11) is 0. The maximum absolute atomic E-state index is 11.2. The predicted octanol–water partition coefficient (Wildman–Crippen LogP) is -0.467. The number of aliphatic carboxylic acids is 1. The van der Waals surface area contributed by atoms with Crippen LogP contribution in [0.15, 0.2) is 0 Å². The van der Waals surface area contributed by atoms with Gasteiger partial charge in [0.2, 0.25) is 5.91 Å². The van der Waals surface area contributed by atoms with Crippen LogP contribution in [0.25, 0.3) is 0 Å². The fourth-order valence-electron chi connectivity index (χ4n) is 1.00. The van der Waals surface area contributed by atoms with Crippen LogP contribution in [0.4, 0.5) is 4.79 Å². The SMILES string of the molecule is CC(=O)NCCNC(=O)NCCC(C)C(=O)O. The molecular formula is C10H19N3O4. The molecule has 0 saturated heterocycles. The van der Waals surface area contributed by atoms with Crippen molar-refractivity contribution in [3.63, 3.8) is 0 Å². The van der Waals surface area contributed by atoms with E-state index >= 15 is 0 Å². The molecule has 0 aliphatic carbocycles. The predicted molar refractivity (Wildman–Crippen MR) is 61.5 cm³/mol. The average molecular weight is 245 g/mol. The molecule has 0 spiro atoms. The van der Waals surface area contributed by atoms with Crippen LogP contribution in [-0.4, -0.2) is 42.6 Å². The summed E-state index contributed by atoms with van der Waals surface area (Å²) >= 11 is 0. The van der Waals surface area contributed by atoms with Crippen LogP contribution >= 0.6 is 0 Å². The molecule has 4 N–H and O–H groups in total. The van der Waals surface area contributed by atoms with Crippen molar-refractivity contribution in [2.75, 3.05) is 19.6 Å². The Hall–Kier alpha value is -1.79. The van der Waals surface area contributed by atoms with Gasteiger partial charge in [-0.1, -0.05) is 6.92 Å². The summed E-state index contributed by atoms with van der Waals surface area (Å²) < 4.78 is 0. The van der Waals surface area contributed by atoms with E-state index in [1.54, 1.807) is 6.92 Å². The molecule has 1 atom stereocenters. The minimum atomic E-state index is -0.877. The van der Waals surface area contributed by atoms with Crippen LogP contribution in [0.1, 0.15) is 20.3 Å². The summed E-state index contributed by atoms with van der Waals surface area (Å²) in [6.07, 6.45) is 0.383. The van der Waals surface area contributed by atoms with Gasteiger partial charge in [0.15, 0.2) is 0 Å². The molecule has 98 valence electrons. The minimum absolute atomic E-state index is 0.150. The lowest BCUT2D eigenvalue weighted by Gasteiger charge is -2.09. The highest BCUT2D eigenvalue weighted by Crippen LogP contribution is 1.99. The van der Waals surface area contributed by atoms with Gasteiger partial charge in [0, 0.05) is 26.6 Å². The van der Waals surface area contributed by atoms with Crippen LogP contribution in [-0.2, 0) is 9.59 Å². The van der Waals surface area contributed by atoms with Crippen molar-refractivity contribution in [1.29, 1.82) is 0 Å². The summed E-state index contributed by atoms with van der Waals surface area (Å²) in [6, 6.07) is -0.368. The Morgan fingerprint density at radius 3 is 2.12 bits per heavy atom. The zero-order valence-corrected chi connectivity index (χ0v) is 10.1. The van der Waals surface area contributed by atoms with E-state index in [4.69, 9.17) is 5.11 Å². The third-order valence-corrected chi connectivity index (χ3v) is 2.07. The summed E-state index contributed by atoms with van der Waals surface area (Å²) in [6.45, 7) is 3.99. The van der Waals surface area contributed by atoms with Crippen LogP contribution in [0.2, 0.25) is 0 Å². The Bertz CT molecular complexity index is 281. The second-order valence-electron chi connectivity index (χ2n) is 3.69. The fourth-order valence-corrected chi connectivity index (χ4v) is 1.00. The maximum atomic E-state index is 11.2. The van der Waals surface area contributed by atoms with Gasteiger partial charge in [-0.2, -0.15) is 0 Å².